The van der Waals surface area contributed by atoms with Crippen LogP contribution < -0.4 is 0 Å². The second-order valence-corrected chi connectivity index (χ2v) is 4.71. The number of hydrogen-bond acceptors (Lipinski definition) is 0. The van der Waals surface area contributed by atoms with Gasteiger partial charge in [0.05, 0.1) is 0 Å². The van der Waals surface area contributed by atoms with Crippen molar-refractivity contribution >= 4 is 0 Å². The smallest absolute Gasteiger partial charge is 0.0487 e. The van der Waals surface area contributed by atoms with Crippen LogP contribution >= 0.6 is 0 Å². The van der Waals surface area contributed by atoms with Crippen LogP contribution in [0.15, 0.2) is 57.9 Å². The van der Waals surface area contributed by atoms with Gasteiger partial charge in [-0.05, 0) is 49.3 Å². The van der Waals surface area contributed by atoms with E-state index >= 15 is 0 Å². The van der Waals surface area contributed by atoms with Gasteiger partial charge >= 0.3 is 0 Å². The van der Waals surface area contributed by atoms with E-state index in [2.05, 4.69) is 43.0 Å². The average molecular weight is 207 g/mol. The van der Waals surface area contributed by atoms with Gasteiger partial charge in [-0.1, -0.05) is 29.9 Å². The maximum absolute atomic E-state index is 3.05. The zero-order chi connectivity index (χ0) is 11.0. The average Bonchev–Trinajstić information content (AvgIpc) is 3.14. The third-order valence-corrected chi connectivity index (χ3v) is 3.49. The molecule has 0 heteroatoms. The molecule has 0 bridgehead atoms. The Hall–Kier alpha value is -1.52. The van der Waals surface area contributed by atoms with E-state index in [0.29, 0.717) is 0 Å². The highest BCUT2D eigenvalue weighted by Gasteiger charge is 2.15. The molecule has 79 valence electrons. The van der Waals surface area contributed by atoms with Crippen molar-refractivity contribution in [2.45, 2.75) is 32.6 Å². The molecular formula is C16H15. The first kappa shape index (κ1) is 9.69. The lowest BCUT2D eigenvalue weighted by atomic mass is 9.87. The molecule has 0 aliphatic heterocycles. The summed E-state index contributed by atoms with van der Waals surface area (Å²) < 4.78 is 0. The largest absolute Gasteiger partial charge is 0.101 e. The van der Waals surface area contributed by atoms with Crippen molar-refractivity contribution in [1.29, 1.82) is 0 Å². The first-order valence-corrected chi connectivity index (χ1v) is 5.99. The highest BCUT2D eigenvalue weighted by atomic mass is 14.2. The minimum atomic E-state index is 1.15. The molecule has 0 saturated heterocycles. The Morgan fingerprint density at radius 3 is 1.88 bits per heavy atom. The summed E-state index contributed by atoms with van der Waals surface area (Å²) in [5, 5.41) is 0. The van der Waals surface area contributed by atoms with Gasteiger partial charge in [0.25, 0.3) is 0 Å². The Balaban J connectivity index is 1.79. The fraction of sp³-hybridized carbons (Fsp3) is 0.312. The molecular weight excluding hydrogens is 192 g/mol. The van der Waals surface area contributed by atoms with Gasteiger partial charge in [0.1, 0.15) is 0 Å². The van der Waals surface area contributed by atoms with E-state index in [-0.39, 0.29) is 0 Å². The van der Waals surface area contributed by atoms with Crippen LogP contribution in [-0.2, 0) is 0 Å². The maximum atomic E-state index is 3.05. The number of hydrogen-bond donors (Lipinski definition) is 0. The molecule has 0 unspecified atom stereocenters. The van der Waals surface area contributed by atoms with E-state index in [9.17, 15) is 0 Å². The Labute approximate surface area is 97.1 Å². The maximum Gasteiger partial charge on any atom is 0.0487 e. The van der Waals surface area contributed by atoms with Crippen LogP contribution in [0.3, 0.4) is 0 Å². The molecule has 0 aromatic heterocycles. The molecule has 0 saturated carbocycles. The highest BCUT2D eigenvalue weighted by molar-refractivity contribution is 5.50. The van der Waals surface area contributed by atoms with Crippen LogP contribution in [0.2, 0.25) is 0 Å². The van der Waals surface area contributed by atoms with Crippen LogP contribution in [0.1, 0.15) is 32.6 Å². The number of rotatable bonds is 2. The van der Waals surface area contributed by atoms with Crippen LogP contribution in [0, 0.1) is 6.08 Å². The summed E-state index contributed by atoms with van der Waals surface area (Å²) in [6.45, 7) is 2.21. The molecule has 0 atom stereocenters. The summed E-state index contributed by atoms with van der Waals surface area (Å²) in [4.78, 5) is 0. The Kier molecular flexibility index (Phi) is 2.31. The number of allylic oxidation sites excluding steroid dienone is 9. The first-order chi connectivity index (χ1) is 7.83. The molecule has 0 heterocycles. The molecule has 3 rings (SSSR count). The fourth-order valence-corrected chi connectivity index (χ4v) is 2.31. The monoisotopic (exact) mass is 207 g/mol. The molecule has 3 aliphatic rings. The van der Waals surface area contributed by atoms with E-state index in [1.807, 2.05) is 0 Å². The molecule has 0 N–H and O–H groups in total. The second kappa shape index (κ2) is 3.81. The van der Waals surface area contributed by atoms with E-state index < -0.39 is 0 Å². The van der Waals surface area contributed by atoms with Crippen molar-refractivity contribution in [3.05, 3.63) is 64.0 Å². The molecule has 0 fully saturated rings. The van der Waals surface area contributed by atoms with Gasteiger partial charge in [0, 0.05) is 11.6 Å². The summed E-state index contributed by atoms with van der Waals surface area (Å²) in [5.74, 6) is 0. The van der Waals surface area contributed by atoms with Crippen molar-refractivity contribution in [2.24, 2.45) is 0 Å². The zero-order valence-electron chi connectivity index (χ0n) is 9.64. The van der Waals surface area contributed by atoms with Crippen LogP contribution in [0.25, 0.3) is 0 Å². The lowest BCUT2D eigenvalue weighted by Crippen LogP contribution is -1.99. The summed E-state index contributed by atoms with van der Waals surface area (Å²) in [5.41, 5.74) is 10.2. The molecule has 0 aromatic rings. The van der Waals surface area contributed by atoms with Gasteiger partial charge in [-0.2, -0.15) is 0 Å². The van der Waals surface area contributed by atoms with Crippen LogP contribution in [-0.4, -0.2) is 0 Å². The van der Waals surface area contributed by atoms with E-state index in [0.717, 1.165) is 6.42 Å². The summed E-state index contributed by atoms with van der Waals surface area (Å²) in [6.07, 6.45) is 16.9. The van der Waals surface area contributed by atoms with Crippen molar-refractivity contribution in [1.82, 2.24) is 0 Å². The molecule has 16 heavy (non-hydrogen) atoms. The normalized spacial score (nSPS) is 22.9. The van der Waals surface area contributed by atoms with Crippen LogP contribution in [0.4, 0.5) is 0 Å². The molecule has 0 amide bonds. The van der Waals surface area contributed by atoms with Gasteiger partial charge in [0.2, 0.25) is 0 Å². The summed E-state index contributed by atoms with van der Waals surface area (Å²) >= 11 is 0. The van der Waals surface area contributed by atoms with Gasteiger partial charge in [-0.15, -0.1) is 5.73 Å². The van der Waals surface area contributed by atoms with Gasteiger partial charge < -0.3 is 0 Å². The minimum Gasteiger partial charge on any atom is -0.101 e. The Bertz CT molecular complexity index is 512. The summed E-state index contributed by atoms with van der Waals surface area (Å²) in [7, 11) is 0. The van der Waals surface area contributed by atoms with Crippen molar-refractivity contribution in [3.63, 3.8) is 0 Å². The minimum absolute atomic E-state index is 1.15. The lowest BCUT2D eigenvalue weighted by molar-refractivity contribution is 0.857. The van der Waals surface area contributed by atoms with E-state index in [1.54, 1.807) is 0 Å². The quantitative estimate of drug-likeness (QED) is 0.595. The van der Waals surface area contributed by atoms with Gasteiger partial charge in [-0.3, -0.25) is 0 Å². The highest BCUT2D eigenvalue weighted by Crippen LogP contribution is 2.33. The Morgan fingerprint density at radius 2 is 1.38 bits per heavy atom. The topological polar surface area (TPSA) is 0 Å². The Morgan fingerprint density at radius 1 is 0.812 bits per heavy atom. The molecule has 0 nitrogen and oxygen atoms in total. The third kappa shape index (κ3) is 1.89. The SMILES string of the molecule is CC1=CC=C(C2=CC=C(C3=C=[C]3)CC2)CC1. The van der Waals surface area contributed by atoms with E-state index in [1.165, 1.54) is 47.1 Å². The summed E-state index contributed by atoms with van der Waals surface area (Å²) in [6, 6.07) is 0. The fourth-order valence-electron chi connectivity index (χ4n) is 2.31. The third-order valence-electron chi connectivity index (χ3n) is 3.49. The van der Waals surface area contributed by atoms with Crippen LogP contribution in [0.5, 0.6) is 0 Å². The second-order valence-electron chi connectivity index (χ2n) is 4.71. The first-order valence-electron chi connectivity index (χ1n) is 5.99. The van der Waals surface area contributed by atoms with Crippen molar-refractivity contribution in [3.8, 4) is 0 Å². The van der Waals surface area contributed by atoms with Crippen molar-refractivity contribution in [2.75, 3.05) is 0 Å². The molecule has 0 spiro atoms. The zero-order valence-corrected chi connectivity index (χ0v) is 9.64. The molecule has 1 radical (unpaired) electrons. The van der Waals surface area contributed by atoms with Gasteiger partial charge in [-0.25, -0.2) is 0 Å². The standard InChI is InChI=1S/C16H15/c1-12-2-4-13(5-3-12)14-6-8-15(9-7-14)16-10-11-16/h2,4,6,8H,3,5,7,9H2,1H3. The van der Waals surface area contributed by atoms with Crippen molar-refractivity contribution < 1.29 is 0 Å². The predicted molar refractivity (Wildman–Crippen MR) is 66.7 cm³/mol. The molecule has 0 aromatic carbocycles. The van der Waals surface area contributed by atoms with E-state index in [4.69, 9.17) is 0 Å². The predicted octanol–water partition coefficient (Wildman–Crippen LogP) is 4.20. The van der Waals surface area contributed by atoms with Gasteiger partial charge in [0.15, 0.2) is 0 Å². The molecule has 3 aliphatic carbocycles. The lowest BCUT2D eigenvalue weighted by Gasteiger charge is -2.18.